The van der Waals surface area contributed by atoms with Crippen molar-refractivity contribution in [2.24, 2.45) is 0 Å². The number of hydrogen-bond acceptors (Lipinski definition) is 9. The van der Waals surface area contributed by atoms with Gasteiger partial charge in [0.05, 0.1) is 36.8 Å². The van der Waals surface area contributed by atoms with Crippen LogP contribution in [0.2, 0.25) is 0 Å². The lowest BCUT2D eigenvalue weighted by Crippen LogP contribution is -2.49. The van der Waals surface area contributed by atoms with Crippen molar-refractivity contribution in [1.29, 1.82) is 0 Å². The third-order valence-corrected chi connectivity index (χ3v) is 7.51. The number of ether oxygens (including phenoxy) is 1. The highest BCUT2D eigenvalue weighted by molar-refractivity contribution is 6.02. The van der Waals surface area contributed by atoms with Gasteiger partial charge in [0.15, 0.2) is 5.82 Å². The number of hydrogen-bond donors (Lipinski definition) is 2. The first-order valence-electron chi connectivity index (χ1n) is 13.9. The molecule has 1 atom stereocenters. The average Bonchev–Trinajstić information content (AvgIpc) is 3.47. The monoisotopic (exact) mass is 579 g/mol. The molecule has 3 heterocycles. The van der Waals surface area contributed by atoms with Crippen molar-refractivity contribution in [3.63, 3.8) is 0 Å². The Hall–Kier alpha value is -4.29. The predicted molar refractivity (Wildman–Crippen MR) is 158 cm³/mol. The number of amides is 1. The highest BCUT2D eigenvalue weighted by Gasteiger charge is 2.31. The molecule has 2 saturated heterocycles. The molecule has 42 heavy (non-hydrogen) atoms. The van der Waals surface area contributed by atoms with Crippen LogP contribution in [0.4, 0.5) is 37.5 Å². The second-order valence-electron chi connectivity index (χ2n) is 10.4. The Bertz CT molecular complexity index is 1450. The zero-order valence-corrected chi connectivity index (χ0v) is 23.9. The molecular formula is C30H35F2N7O3. The molecule has 2 N–H and O–H groups in total. The summed E-state index contributed by atoms with van der Waals surface area (Å²) < 4.78 is 33.8. The van der Waals surface area contributed by atoms with Crippen LogP contribution < -0.4 is 25.3 Å². The lowest BCUT2D eigenvalue weighted by molar-refractivity contribution is -0.111. The molecule has 0 aliphatic carbocycles. The summed E-state index contributed by atoms with van der Waals surface area (Å²) in [6, 6.07) is 8.85. The summed E-state index contributed by atoms with van der Waals surface area (Å²) in [7, 11) is 1.58. The topological polar surface area (TPSA) is 95.1 Å². The highest BCUT2D eigenvalue weighted by atomic mass is 19.1. The average molecular weight is 580 g/mol. The summed E-state index contributed by atoms with van der Waals surface area (Å²) in [4.78, 5) is 31.5. The molecular weight excluding hydrogens is 544 g/mol. The Morgan fingerprint density at radius 3 is 2.60 bits per heavy atom. The minimum atomic E-state index is -0.646. The van der Waals surface area contributed by atoms with E-state index in [2.05, 4.69) is 50.8 Å². The molecule has 2 aromatic carbocycles. The highest BCUT2D eigenvalue weighted by Crippen LogP contribution is 2.40. The minimum Gasteiger partial charge on any atom is -0.494 e. The van der Waals surface area contributed by atoms with E-state index in [1.807, 2.05) is 6.07 Å². The number of rotatable bonds is 9. The second-order valence-corrected chi connectivity index (χ2v) is 10.4. The summed E-state index contributed by atoms with van der Waals surface area (Å²) in [5, 5.41) is 7.70. The summed E-state index contributed by atoms with van der Waals surface area (Å²) in [6.07, 6.45) is 3.10. The fraction of sp³-hybridized carbons (Fsp3) is 0.367. The van der Waals surface area contributed by atoms with E-state index in [1.165, 1.54) is 29.6 Å². The van der Waals surface area contributed by atoms with Crippen molar-refractivity contribution >= 4 is 34.6 Å². The van der Waals surface area contributed by atoms with Gasteiger partial charge in [-0.1, -0.05) is 12.6 Å². The molecule has 2 fully saturated rings. The van der Waals surface area contributed by atoms with Crippen LogP contribution in [0, 0.1) is 11.6 Å². The number of piperazine rings is 1. The smallest absolute Gasteiger partial charge is 0.247 e. The molecule has 0 bridgehead atoms. The van der Waals surface area contributed by atoms with E-state index in [1.54, 1.807) is 19.2 Å². The molecule has 10 nitrogen and oxygen atoms in total. The van der Waals surface area contributed by atoms with Gasteiger partial charge in [-0.15, -0.1) is 0 Å². The van der Waals surface area contributed by atoms with Gasteiger partial charge in [-0.2, -0.15) is 0 Å². The van der Waals surface area contributed by atoms with Gasteiger partial charge in [0.2, 0.25) is 5.91 Å². The van der Waals surface area contributed by atoms with Crippen molar-refractivity contribution in [3.05, 3.63) is 72.6 Å². The number of aromatic nitrogens is 2. The molecule has 1 unspecified atom stereocenters. The van der Waals surface area contributed by atoms with E-state index in [9.17, 15) is 13.6 Å². The fourth-order valence-electron chi connectivity index (χ4n) is 5.28. The summed E-state index contributed by atoms with van der Waals surface area (Å²) >= 11 is 0. The maximum Gasteiger partial charge on any atom is 0.247 e. The van der Waals surface area contributed by atoms with Crippen LogP contribution in [0.1, 0.15) is 31.9 Å². The maximum atomic E-state index is 14.6. The molecule has 12 heteroatoms. The zero-order valence-electron chi connectivity index (χ0n) is 23.9. The summed E-state index contributed by atoms with van der Waals surface area (Å²) in [6.45, 7) is 11.7. The number of carbonyl (C=O) groups excluding carboxylic acids is 1. The van der Waals surface area contributed by atoms with Gasteiger partial charge in [-0.05, 0) is 32.1 Å². The largest absolute Gasteiger partial charge is 0.494 e. The lowest BCUT2D eigenvalue weighted by atomic mass is 10.0. The van der Waals surface area contributed by atoms with Crippen LogP contribution >= 0.6 is 0 Å². The van der Waals surface area contributed by atoms with Crippen LogP contribution in [0.15, 0.2) is 55.4 Å². The van der Waals surface area contributed by atoms with E-state index < -0.39 is 17.7 Å². The van der Waals surface area contributed by atoms with Gasteiger partial charge in [-0.25, -0.2) is 23.8 Å². The Labute approximate surface area is 243 Å². The fourth-order valence-corrected chi connectivity index (χ4v) is 5.28. The number of nitrogens with one attached hydrogen (secondary N) is 2. The first-order chi connectivity index (χ1) is 20.3. The van der Waals surface area contributed by atoms with Crippen LogP contribution in [0.5, 0.6) is 5.75 Å². The molecule has 0 radical (unpaired) electrons. The maximum absolute atomic E-state index is 14.6. The number of hydroxylamine groups is 1. The number of anilines is 5. The first kappa shape index (κ1) is 29.2. The quantitative estimate of drug-likeness (QED) is 0.338. The zero-order chi connectivity index (χ0) is 29.8. The van der Waals surface area contributed by atoms with Crippen LogP contribution in [-0.4, -0.2) is 66.7 Å². The van der Waals surface area contributed by atoms with Crippen LogP contribution in [-0.2, 0) is 9.63 Å². The first-order valence-corrected chi connectivity index (χ1v) is 13.9. The van der Waals surface area contributed by atoms with Gasteiger partial charge < -0.3 is 20.3 Å². The molecule has 222 valence electrons. The number of nitrogens with zero attached hydrogens (tertiary/aromatic N) is 5. The third kappa shape index (κ3) is 6.29. The van der Waals surface area contributed by atoms with Gasteiger partial charge in [0.25, 0.3) is 0 Å². The van der Waals surface area contributed by atoms with Gasteiger partial charge in [0.1, 0.15) is 29.5 Å². The molecule has 1 aromatic heterocycles. The normalized spacial score (nSPS) is 17.4. The van der Waals surface area contributed by atoms with Crippen molar-refractivity contribution in [2.75, 3.05) is 60.5 Å². The van der Waals surface area contributed by atoms with E-state index in [4.69, 9.17) is 9.57 Å². The molecule has 3 aromatic rings. The van der Waals surface area contributed by atoms with Gasteiger partial charge >= 0.3 is 0 Å². The molecule has 5 rings (SSSR count). The number of methoxy groups -OCH3 is 1. The molecule has 1 amide bonds. The lowest BCUT2D eigenvalue weighted by Gasteiger charge is -2.39. The standard InChI is InChI=1S/C30H35F2N7O3/c1-5-30(40)36-23-15-24(27(41-4)16-26(23)38-11-9-37(10-12-38)19(2)3)35-28-17-29(34-18-33-28)39-25(8-13-42-39)21-7-6-20(31)14-22(21)32/h5-7,14-19,25H,1,8-13H2,2-4H3,(H,36,40)(H,33,34,35). The Morgan fingerprint density at radius 2 is 1.90 bits per heavy atom. The SMILES string of the molecule is C=CC(=O)Nc1cc(Nc2cc(N3OCCC3c3ccc(F)cc3F)ncn2)c(OC)cc1N1CCN(C(C)C)CC1. The number of carbonyl (C=O) groups is 1. The summed E-state index contributed by atoms with van der Waals surface area (Å²) in [5.41, 5.74) is 2.32. The Morgan fingerprint density at radius 1 is 1.12 bits per heavy atom. The molecule has 2 aliphatic heterocycles. The Balaban J connectivity index is 1.43. The van der Waals surface area contributed by atoms with Gasteiger partial charge in [0, 0.05) is 62.4 Å². The van der Waals surface area contributed by atoms with Crippen molar-refractivity contribution in [3.8, 4) is 5.75 Å². The number of benzene rings is 2. The van der Waals surface area contributed by atoms with Crippen LogP contribution in [0.25, 0.3) is 0 Å². The van der Waals surface area contributed by atoms with Crippen LogP contribution in [0.3, 0.4) is 0 Å². The molecule has 0 saturated carbocycles. The van der Waals surface area contributed by atoms with E-state index in [0.717, 1.165) is 37.9 Å². The molecule has 2 aliphatic rings. The van der Waals surface area contributed by atoms with E-state index in [-0.39, 0.29) is 5.91 Å². The Kier molecular flexibility index (Phi) is 8.83. The predicted octanol–water partition coefficient (Wildman–Crippen LogP) is 5.04. The molecule has 0 spiro atoms. The van der Waals surface area contributed by atoms with Crippen molar-refractivity contribution in [2.45, 2.75) is 32.4 Å². The number of halogens is 2. The van der Waals surface area contributed by atoms with E-state index >= 15 is 0 Å². The van der Waals surface area contributed by atoms with Crippen molar-refractivity contribution < 1.29 is 23.1 Å². The van der Waals surface area contributed by atoms with Crippen molar-refractivity contribution in [1.82, 2.24) is 14.9 Å². The minimum absolute atomic E-state index is 0.316. The van der Waals surface area contributed by atoms with E-state index in [0.29, 0.717) is 53.4 Å². The van der Waals surface area contributed by atoms with Gasteiger partial charge in [-0.3, -0.25) is 14.5 Å². The summed E-state index contributed by atoms with van der Waals surface area (Å²) in [5.74, 6) is -0.243. The second kappa shape index (κ2) is 12.7. The third-order valence-electron chi connectivity index (χ3n) is 7.51.